The lowest BCUT2D eigenvalue weighted by Gasteiger charge is -2.14. The first-order valence-electron chi connectivity index (χ1n) is 7.21. The van der Waals surface area contributed by atoms with Crippen LogP contribution in [-0.4, -0.2) is 27.7 Å². The maximum absolute atomic E-state index is 12.0. The van der Waals surface area contributed by atoms with Gasteiger partial charge in [-0.15, -0.1) is 0 Å². The van der Waals surface area contributed by atoms with E-state index < -0.39 is 0 Å². The first-order chi connectivity index (χ1) is 10.1. The van der Waals surface area contributed by atoms with E-state index >= 15 is 0 Å². The van der Waals surface area contributed by atoms with Gasteiger partial charge in [-0.1, -0.05) is 18.0 Å². The Morgan fingerprint density at radius 2 is 2.29 bits per heavy atom. The van der Waals surface area contributed by atoms with Crippen molar-refractivity contribution in [2.45, 2.75) is 31.9 Å². The molecule has 3 rings (SSSR count). The molecule has 0 spiro atoms. The second-order valence-electron chi connectivity index (χ2n) is 5.56. The SMILES string of the molecule is O=c1[nH]c(CNCC2CCCC2O)nc2cc(Cl)ccc12. The third kappa shape index (κ3) is 3.26. The van der Waals surface area contributed by atoms with Gasteiger partial charge in [0.05, 0.1) is 23.6 Å². The summed E-state index contributed by atoms with van der Waals surface area (Å²) in [7, 11) is 0. The number of fused-ring (bicyclic) bond motifs is 1. The van der Waals surface area contributed by atoms with Crippen LogP contribution in [-0.2, 0) is 6.54 Å². The number of H-pyrrole nitrogens is 1. The van der Waals surface area contributed by atoms with Gasteiger partial charge in [-0.2, -0.15) is 0 Å². The quantitative estimate of drug-likeness (QED) is 0.805. The number of benzene rings is 1. The Balaban J connectivity index is 1.70. The number of hydrogen-bond acceptors (Lipinski definition) is 4. The molecule has 1 aromatic heterocycles. The van der Waals surface area contributed by atoms with Crippen molar-refractivity contribution >= 4 is 22.5 Å². The summed E-state index contributed by atoms with van der Waals surface area (Å²) >= 11 is 5.93. The highest BCUT2D eigenvalue weighted by Crippen LogP contribution is 2.24. The number of aromatic nitrogens is 2. The zero-order valence-electron chi connectivity index (χ0n) is 11.6. The number of hydrogen-bond donors (Lipinski definition) is 3. The lowest BCUT2D eigenvalue weighted by molar-refractivity contribution is 0.131. The van der Waals surface area contributed by atoms with Gasteiger partial charge in [0.25, 0.3) is 5.56 Å². The van der Waals surface area contributed by atoms with Crippen molar-refractivity contribution in [3.63, 3.8) is 0 Å². The second kappa shape index (κ2) is 6.13. The van der Waals surface area contributed by atoms with Crippen molar-refractivity contribution in [3.8, 4) is 0 Å². The maximum atomic E-state index is 12.0. The molecule has 0 aliphatic heterocycles. The van der Waals surface area contributed by atoms with Crippen LogP contribution < -0.4 is 10.9 Å². The summed E-state index contributed by atoms with van der Waals surface area (Å²) in [6, 6.07) is 5.05. The summed E-state index contributed by atoms with van der Waals surface area (Å²) < 4.78 is 0. The van der Waals surface area contributed by atoms with Crippen molar-refractivity contribution < 1.29 is 5.11 Å². The number of aliphatic hydroxyl groups excluding tert-OH is 1. The minimum Gasteiger partial charge on any atom is -0.393 e. The standard InChI is InChI=1S/C15H18ClN3O2/c16-10-4-5-11-12(6-10)18-14(19-15(11)21)8-17-7-9-2-1-3-13(9)20/h4-6,9,13,17,20H,1-3,7-8H2,(H,18,19,21). The van der Waals surface area contributed by atoms with Gasteiger partial charge in [0.2, 0.25) is 0 Å². The van der Waals surface area contributed by atoms with E-state index in [0.717, 1.165) is 25.8 Å². The topological polar surface area (TPSA) is 78.0 Å². The highest BCUT2D eigenvalue weighted by Gasteiger charge is 2.24. The van der Waals surface area contributed by atoms with E-state index in [1.54, 1.807) is 18.2 Å². The number of nitrogens with zero attached hydrogens (tertiary/aromatic N) is 1. The summed E-state index contributed by atoms with van der Waals surface area (Å²) in [5.74, 6) is 0.883. The van der Waals surface area contributed by atoms with Gasteiger partial charge in [-0.25, -0.2) is 4.98 Å². The van der Waals surface area contributed by atoms with Crippen LogP contribution in [0.2, 0.25) is 5.02 Å². The molecule has 0 amide bonds. The van der Waals surface area contributed by atoms with E-state index in [-0.39, 0.29) is 11.7 Å². The zero-order chi connectivity index (χ0) is 14.8. The monoisotopic (exact) mass is 307 g/mol. The third-order valence-corrected chi connectivity index (χ3v) is 4.27. The molecule has 1 aliphatic rings. The molecule has 5 nitrogen and oxygen atoms in total. The molecule has 2 aromatic rings. The third-order valence-electron chi connectivity index (χ3n) is 4.04. The second-order valence-corrected chi connectivity index (χ2v) is 6.00. The molecule has 2 unspecified atom stereocenters. The Morgan fingerprint density at radius 1 is 1.43 bits per heavy atom. The normalized spacial score (nSPS) is 22.0. The fourth-order valence-corrected chi connectivity index (χ4v) is 3.04. The number of aliphatic hydroxyl groups is 1. The molecule has 0 bridgehead atoms. The largest absolute Gasteiger partial charge is 0.393 e. The molecule has 1 saturated carbocycles. The van der Waals surface area contributed by atoms with Crippen LogP contribution in [0.3, 0.4) is 0 Å². The minimum absolute atomic E-state index is 0.158. The van der Waals surface area contributed by atoms with Crippen LogP contribution in [0.5, 0.6) is 0 Å². The Morgan fingerprint density at radius 3 is 3.05 bits per heavy atom. The van der Waals surface area contributed by atoms with Gasteiger partial charge >= 0.3 is 0 Å². The summed E-state index contributed by atoms with van der Waals surface area (Å²) in [5, 5.41) is 14.1. The molecule has 1 aliphatic carbocycles. The van der Waals surface area contributed by atoms with Gasteiger partial charge in [0.1, 0.15) is 5.82 Å². The minimum atomic E-state index is -0.208. The smallest absolute Gasteiger partial charge is 0.258 e. The van der Waals surface area contributed by atoms with E-state index in [0.29, 0.717) is 34.2 Å². The van der Waals surface area contributed by atoms with Crippen LogP contribution in [0.1, 0.15) is 25.1 Å². The first-order valence-corrected chi connectivity index (χ1v) is 7.58. The van der Waals surface area contributed by atoms with Gasteiger partial charge in [0.15, 0.2) is 0 Å². The first kappa shape index (κ1) is 14.5. The lowest BCUT2D eigenvalue weighted by Crippen LogP contribution is -2.28. The summed E-state index contributed by atoms with van der Waals surface area (Å²) in [6.45, 7) is 1.21. The Hall–Kier alpha value is -1.43. The zero-order valence-corrected chi connectivity index (χ0v) is 12.4. The molecule has 2 atom stereocenters. The highest BCUT2D eigenvalue weighted by molar-refractivity contribution is 6.31. The molecule has 0 saturated heterocycles. The Kier molecular flexibility index (Phi) is 4.24. The van der Waals surface area contributed by atoms with Crippen LogP contribution in [0.4, 0.5) is 0 Å². The number of aromatic amines is 1. The van der Waals surface area contributed by atoms with Crippen LogP contribution in [0.25, 0.3) is 10.9 Å². The van der Waals surface area contributed by atoms with Gasteiger partial charge in [-0.05, 0) is 37.0 Å². The summed E-state index contributed by atoms with van der Waals surface area (Å²) in [5.41, 5.74) is 0.443. The Bertz CT molecular complexity index is 701. The molecule has 3 N–H and O–H groups in total. The van der Waals surface area contributed by atoms with Crippen molar-refractivity contribution in [3.05, 3.63) is 39.4 Å². The lowest BCUT2D eigenvalue weighted by atomic mass is 10.1. The highest BCUT2D eigenvalue weighted by atomic mass is 35.5. The number of nitrogens with one attached hydrogen (secondary N) is 2. The van der Waals surface area contributed by atoms with Gasteiger partial charge < -0.3 is 15.4 Å². The van der Waals surface area contributed by atoms with Crippen molar-refractivity contribution in [1.82, 2.24) is 15.3 Å². The molecule has 1 aromatic carbocycles. The maximum Gasteiger partial charge on any atom is 0.258 e. The predicted molar refractivity (Wildman–Crippen MR) is 82.4 cm³/mol. The van der Waals surface area contributed by atoms with Gasteiger partial charge in [0, 0.05) is 11.6 Å². The van der Waals surface area contributed by atoms with Crippen LogP contribution in [0, 0.1) is 5.92 Å². The molecule has 1 fully saturated rings. The average Bonchev–Trinajstić information content (AvgIpc) is 2.84. The number of rotatable bonds is 4. The van der Waals surface area contributed by atoms with E-state index in [9.17, 15) is 9.90 Å². The van der Waals surface area contributed by atoms with Gasteiger partial charge in [-0.3, -0.25) is 4.79 Å². The Labute approximate surface area is 127 Å². The van der Waals surface area contributed by atoms with E-state index in [1.807, 2.05) is 0 Å². The fourth-order valence-electron chi connectivity index (χ4n) is 2.88. The van der Waals surface area contributed by atoms with Crippen LogP contribution >= 0.6 is 11.6 Å². The molecule has 1 heterocycles. The van der Waals surface area contributed by atoms with Crippen molar-refractivity contribution in [2.75, 3.05) is 6.54 Å². The fraction of sp³-hybridized carbons (Fsp3) is 0.467. The van der Waals surface area contributed by atoms with E-state index in [1.165, 1.54) is 0 Å². The molecule has 21 heavy (non-hydrogen) atoms. The van der Waals surface area contributed by atoms with Crippen molar-refractivity contribution in [1.29, 1.82) is 0 Å². The predicted octanol–water partition coefficient (Wildman–Crippen LogP) is 1.83. The molecular weight excluding hydrogens is 290 g/mol. The number of halogens is 1. The molecule has 6 heteroatoms. The van der Waals surface area contributed by atoms with Crippen LogP contribution in [0.15, 0.2) is 23.0 Å². The van der Waals surface area contributed by atoms with Crippen molar-refractivity contribution in [2.24, 2.45) is 5.92 Å². The summed E-state index contributed by atoms with van der Waals surface area (Å²) in [4.78, 5) is 19.2. The van der Waals surface area contributed by atoms with E-state index in [4.69, 9.17) is 11.6 Å². The molecule has 0 radical (unpaired) electrons. The van der Waals surface area contributed by atoms with E-state index in [2.05, 4.69) is 15.3 Å². The molecule has 112 valence electrons. The average molecular weight is 308 g/mol. The summed E-state index contributed by atoms with van der Waals surface area (Å²) in [6.07, 6.45) is 2.80. The molecular formula is C15H18ClN3O2.